The summed E-state index contributed by atoms with van der Waals surface area (Å²) in [6.45, 7) is 4.28. The van der Waals surface area contributed by atoms with Crippen LogP contribution >= 0.6 is 24.2 Å². The predicted octanol–water partition coefficient (Wildman–Crippen LogP) is 3.17. The lowest BCUT2D eigenvalue weighted by Crippen LogP contribution is -2.36. The maximum absolute atomic E-state index is 12.0. The van der Waals surface area contributed by atoms with Crippen molar-refractivity contribution in [1.29, 1.82) is 0 Å². The van der Waals surface area contributed by atoms with E-state index in [-0.39, 0.29) is 18.4 Å². The molecule has 0 radical (unpaired) electrons. The van der Waals surface area contributed by atoms with E-state index in [1.165, 1.54) is 0 Å². The van der Waals surface area contributed by atoms with Gasteiger partial charge in [-0.1, -0.05) is 23.7 Å². The van der Waals surface area contributed by atoms with E-state index in [4.69, 9.17) is 16.3 Å². The van der Waals surface area contributed by atoms with Gasteiger partial charge in [-0.05, 0) is 49.2 Å². The number of ether oxygens (including phenoxy) is 1. The number of aryl methyl sites for hydroxylation is 2. The first kappa shape index (κ1) is 20.1. The van der Waals surface area contributed by atoms with Gasteiger partial charge >= 0.3 is 0 Å². The first-order chi connectivity index (χ1) is 12.4. The summed E-state index contributed by atoms with van der Waals surface area (Å²) in [7, 11) is 0. The summed E-state index contributed by atoms with van der Waals surface area (Å²) in [4.78, 5) is 24.4. The third-order valence-electron chi connectivity index (χ3n) is 3.66. The zero-order chi connectivity index (χ0) is 19.1. The molecule has 0 saturated carbocycles. The highest BCUT2D eigenvalue weighted by Gasteiger charge is 2.09. The van der Waals surface area contributed by atoms with Gasteiger partial charge in [0, 0.05) is 23.0 Å². The zero-order valence-corrected chi connectivity index (χ0v) is 16.3. The van der Waals surface area contributed by atoms with Crippen LogP contribution < -0.4 is 15.4 Å². The highest BCUT2D eigenvalue weighted by atomic mass is 35.5. The van der Waals surface area contributed by atoms with Gasteiger partial charge in [0.15, 0.2) is 6.61 Å². The van der Waals surface area contributed by atoms with Crippen molar-refractivity contribution in [2.24, 2.45) is 0 Å². The molecule has 0 fully saturated rings. The molecule has 26 heavy (non-hydrogen) atoms. The Hall–Kier alpha value is -2.18. The first-order valence-electron chi connectivity index (χ1n) is 8.11. The van der Waals surface area contributed by atoms with Crippen LogP contribution in [0.4, 0.5) is 0 Å². The summed E-state index contributed by atoms with van der Waals surface area (Å²) in [6.07, 6.45) is 0. The molecule has 0 saturated heterocycles. The van der Waals surface area contributed by atoms with Crippen LogP contribution in [-0.2, 0) is 4.79 Å². The Morgan fingerprint density at radius 3 is 2.35 bits per heavy atom. The molecule has 0 aliphatic carbocycles. The molecule has 2 aromatic carbocycles. The Kier molecular flexibility index (Phi) is 7.36. The smallest absolute Gasteiger partial charge is 0.258 e. The van der Waals surface area contributed by atoms with Gasteiger partial charge in [0.05, 0.1) is 5.56 Å². The number of nitrogens with one attached hydrogen (secondary N) is 2. The topological polar surface area (TPSA) is 67.4 Å². The van der Waals surface area contributed by atoms with Crippen molar-refractivity contribution in [3.63, 3.8) is 0 Å². The fraction of sp³-hybridized carbons (Fsp3) is 0.263. The summed E-state index contributed by atoms with van der Waals surface area (Å²) in [6, 6.07) is 10.6. The molecule has 0 aromatic heterocycles. The van der Waals surface area contributed by atoms with Crippen molar-refractivity contribution in [3.05, 3.63) is 58.1 Å². The van der Waals surface area contributed by atoms with E-state index in [0.29, 0.717) is 34.3 Å². The number of rotatable bonds is 7. The first-order valence-corrected chi connectivity index (χ1v) is 8.93. The number of carbonyl (C=O) groups excluding carboxylic acids is 2. The minimum atomic E-state index is -0.265. The maximum Gasteiger partial charge on any atom is 0.258 e. The molecule has 0 heterocycles. The van der Waals surface area contributed by atoms with Gasteiger partial charge in [0.25, 0.3) is 11.8 Å². The molecular formula is C19H21ClN2O3S. The Morgan fingerprint density at radius 1 is 1.08 bits per heavy atom. The number of thiol groups is 1. The summed E-state index contributed by atoms with van der Waals surface area (Å²) >= 11 is 10.3. The summed E-state index contributed by atoms with van der Waals surface area (Å²) in [5.41, 5.74) is 2.29. The van der Waals surface area contributed by atoms with E-state index in [1.54, 1.807) is 30.3 Å². The van der Waals surface area contributed by atoms with Crippen LogP contribution in [0.5, 0.6) is 5.75 Å². The van der Waals surface area contributed by atoms with Crippen molar-refractivity contribution in [2.75, 3.05) is 19.7 Å². The molecule has 0 unspecified atom stereocenters. The molecule has 2 aromatic rings. The van der Waals surface area contributed by atoms with Crippen molar-refractivity contribution in [1.82, 2.24) is 10.6 Å². The Labute approximate surface area is 163 Å². The number of halogens is 1. The largest absolute Gasteiger partial charge is 0.484 e. The van der Waals surface area contributed by atoms with E-state index in [2.05, 4.69) is 23.3 Å². The average Bonchev–Trinajstić information content (AvgIpc) is 2.61. The number of hydrogen-bond acceptors (Lipinski definition) is 4. The molecule has 138 valence electrons. The van der Waals surface area contributed by atoms with Gasteiger partial charge in [-0.2, -0.15) is 0 Å². The van der Waals surface area contributed by atoms with Crippen LogP contribution in [-0.4, -0.2) is 31.5 Å². The molecule has 2 N–H and O–H groups in total. The highest BCUT2D eigenvalue weighted by Crippen LogP contribution is 2.25. The number of amides is 2. The van der Waals surface area contributed by atoms with Crippen LogP contribution in [0.15, 0.2) is 41.3 Å². The average molecular weight is 393 g/mol. The fourth-order valence-corrected chi connectivity index (χ4v) is 2.70. The molecule has 2 amide bonds. The Balaban J connectivity index is 1.71. The Bertz CT molecular complexity index is 788. The predicted molar refractivity (Wildman–Crippen MR) is 105 cm³/mol. The van der Waals surface area contributed by atoms with Gasteiger partial charge in [0.1, 0.15) is 5.75 Å². The SMILES string of the molecule is Cc1cc(OCC(=O)NCCNC(=O)c2ccccc2S)cc(C)c1Cl. The summed E-state index contributed by atoms with van der Waals surface area (Å²) in [5.74, 6) is 0.102. The van der Waals surface area contributed by atoms with Crippen LogP contribution in [0.25, 0.3) is 0 Å². The second-order valence-electron chi connectivity index (χ2n) is 5.78. The van der Waals surface area contributed by atoms with Crippen molar-refractivity contribution >= 4 is 36.0 Å². The lowest BCUT2D eigenvalue weighted by atomic mass is 10.1. The van der Waals surface area contributed by atoms with E-state index in [9.17, 15) is 9.59 Å². The molecule has 2 rings (SSSR count). The van der Waals surface area contributed by atoms with Crippen LogP contribution in [0.3, 0.4) is 0 Å². The van der Waals surface area contributed by atoms with Gasteiger partial charge in [-0.3, -0.25) is 9.59 Å². The third kappa shape index (κ3) is 5.68. The van der Waals surface area contributed by atoms with Crippen LogP contribution in [0.2, 0.25) is 5.02 Å². The third-order valence-corrected chi connectivity index (χ3v) is 4.65. The van der Waals surface area contributed by atoms with Gasteiger partial charge in [-0.25, -0.2) is 0 Å². The van der Waals surface area contributed by atoms with Gasteiger partial charge in [0.2, 0.25) is 0 Å². The number of hydrogen-bond donors (Lipinski definition) is 3. The van der Waals surface area contributed by atoms with Crippen LogP contribution in [0.1, 0.15) is 21.5 Å². The number of carbonyl (C=O) groups is 2. The molecular weight excluding hydrogens is 372 g/mol. The van der Waals surface area contributed by atoms with E-state index >= 15 is 0 Å². The molecule has 0 aliphatic rings. The van der Waals surface area contributed by atoms with E-state index < -0.39 is 0 Å². The molecule has 0 bridgehead atoms. The van der Waals surface area contributed by atoms with Crippen molar-refractivity contribution in [2.45, 2.75) is 18.7 Å². The number of benzene rings is 2. The molecule has 0 atom stereocenters. The summed E-state index contributed by atoms with van der Waals surface area (Å²) < 4.78 is 5.48. The fourth-order valence-electron chi connectivity index (χ4n) is 2.33. The maximum atomic E-state index is 12.0. The van der Waals surface area contributed by atoms with Crippen molar-refractivity contribution in [3.8, 4) is 5.75 Å². The molecule has 7 heteroatoms. The van der Waals surface area contributed by atoms with Gasteiger partial charge < -0.3 is 15.4 Å². The molecule has 5 nitrogen and oxygen atoms in total. The quantitative estimate of drug-likeness (QED) is 0.500. The zero-order valence-electron chi connectivity index (χ0n) is 14.6. The normalized spacial score (nSPS) is 10.3. The molecule has 0 aliphatic heterocycles. The Morgan fingerprint density at radius 2 is 1.69 bits per heavy atom. The lowest BCUT2D eigenvalue weighted by Gasteiger charge is -2.11. The van der Waals surface area contributed by atoms with Crippen molar-refractivity contribution < 1.29 is 14.3 Å². The summed E-state index contributed by atoms with van der Waals surface area (Å²) in [5, 5.41) is 6.12. The second kappa shape index (κ2) is 9.50. The van der Waals surface area contributed by atoms with Crippen LogP contribution in [0, 0.1) is 13.8 Å². The highest BCUT2D eigenvalue weighted by molar-refractivity contribution is 7.80. The van der Waals surface area contributed by atoms with E-state index in [1.807, 2.05) is 19.9 Å². The lowest BCUT2D eigenvalue weighted by molar-refractivity contribution is -0.123. The van der Waals surface area contributed by atoms with E-state index in [0.717, 1.165) is 11.1 Å². The van der Waals surface area contributed by atoms with Gasteiger partial charge in [-0.15, -0.1) is 12.6 Å². The standard InChI is InChI=1S/C19H21ClN2O3S/c1-12-9-14(10-13(2)18(12)20)25-11-17(23)21-7-8-22-19(24)15-5-3-4-6-16(15)26/h3-6,9-10,26H,7-8,11H2,1-2H3,(H,21,23)(H,22,24). The monoisotopic (exact) mass is 392 g/mol. The second-order valence-corrected chi connectivity index (χ2v) is 6.64. The minimum Gasteiger partial charge on any atom is -0.484 e. The minimum absolute atomic E-state index is 0.103. The molecule has 0 spiro atoms.